The van der Waals surface area contributed by atoms with Crippen LogP contribution in [-0.4, -0.2) is 40.8 Å². The van der Waals surface area contributed by atoms with Gasteiger partial charge in [0.05, 0.1) is 21.7 Å². The Morgan fingerprint density at radius 1 is 1.22 bits per heavy atom. The Morgan fingerprint density at radius 3 is 2.26 bits per heavy atom. The number of ether oxygens (including phenoxy) is 1. The maximum atomic E-state index is 12.6. The van der Waals surface area contributed by atoms with E-state index in [0.29, 0.717) is 28.5 Å². The van der Waals surface area contributed by atoms with Crippen LogP contribution >= 0.6 is 23.2 Å². The minimum Gasteiger partial charge on any atom is -0.509 e. The first-order chi connectivity index (χ1) is 12.6. The fourth-order valence-corrected chi connectivity index (χ4v) is 4.40. The van der Waals surface area contributed by atoms with E-state index in [2.05, 4.69) is 12.2 Å². The summed E-state index contributed by atoms with van der Waals surface area (Å²) in [7, 11) is 1.70. The zero-order valence-electron chi connectivity index (χ0n) is 15.4. The first-order valence-corrected chi connectivity index (χ1v) is 9.24. The average Bonchev–Trinajstić information content (AvgIpc) is 2.83. The van der Waals surface area contributed by atoms with Crippen LogP contribution < -0.4 is 5.32 Å². The summed E-state index contributed by atoms with van der Waals surface area (Å²) in [6, 6.07) is 3.33. The lowest BCUT2D eigenvalue weighted by Crippen LogP contribution is -2.51. The summed E-state index contributed by atoms with van der Waals surface area (Å²) in [6.07, 6.45) is 2.77. The Hall–Kier alpha value is -1.76. The Morgan fingerprint density at radius 2 is 1.78 bits per heavy atom. The van der Waals surface area contributed by atoms with Crippen molar-refractivity contribution in [2.24, 2.45) is 0 Å². The number of nitrogens with one attached hydrogen (secondary N) is 1. The van der Waals surface area contributed by atoms with Crippen molar-refractivity contribution in [3.8, 4) is 0 Å². The molecule has 1 aliphatic heterocycles. The van der Waals surface area contributed by atoms with Gasteiger partial charge in [-0.3, -0.25) is 9.59 Å². The number of carboxylic acid groups (broad SMARTS) is 1. The quantitative estimate of drug-likeness (QED) is 0.631. The SMILES string of the molecule is COC1(C)CCC2(CC1)NC(=O)C(c1c(C)cc(Cl)cc1Cl)=C2O.O=CO. The third kappa shape index (κ3) is 4.08. The Kier molecular flexibility index (Phi) is 6.45. The third-order valence-electron chi connectivity index (χ3n) is 5.43. The number of amides is 1. The second-order valence-electron chi connectivity index (χ2n) is 7.10. The number of aryl methyl sites for hydroxylation is 1. The number of carbonyl (C=O) groups excluding carboxylic acids is 1. The maximum absolute atomic E-state index is 12.6. The van der Waals surface area contributed by atoms with E-state index in [1.165, 1.54) is 0 Å². The summed E-state index contributed by atoms with van der Waals surface area (Å²) < 4.78 is 5.56. The van der Waals surface area contributed by atoms with Crippen molar-refractivity contribution in [1.82, 2.24) is 5.32 Å². The van der Waals surface area contributed by atoms with Gasteiger partial charge >= 0.3 is 0 Å². The van der Waals surface area contributed by atoms with Crippen molar-refractivity contribution in [3.05, 3.63) is 39.1 Å². The second kappa shape index (κ2) is 8.09. The standard InChI is InChI=1S/C18H21Cl2NO3.CH2O2/c1-10-8-11(19)9-12(20)13(10)14-15(22)18(21-16(14)23)6-4-17(2,24-3)5-7-18;2-1-3/h8-9,22H,4-7H2,1-3H3,(H,21,23);1H,(H,2,3). The molecule has 1 saturated carbocycles. The molecule has 0 atom stereocenters. The van der Waals surface area contributed by atoms with Crippen molar-refractivity contribution >= 4 is 41.2 Å². The first kappa shape index (κ1) is 21.5. The predicted molar refractivity (Wildman–Crippen MR) is 104 cm³/mol. The summed E-state index contributed by atoms with van der Waals surface area (Å²) in [4.78, 5) is 21.0. The molecule has 27 heavy (non-hydrogen) atoms. The third-order valence-corrected chi connectivity index (χ3v) is 5.94. The summed E-state index contributed by atoms with van der Waals surface area (Å²) in [5.74, 6) is -0.209. The van der Waals surface area contributed by atoms with Crippen LogP contribution in [0.5, 0.6) is 0 Å². The van der Waals surface area contributed by atoms with Crippen molar-refractivity contribution in [3.63, 3.8) is 0 Å². The van der Waals surface area contributed by atoms with Crippen molar-refractivity contribution in [2.75, 3.05) is 7.11 Å². The number of carbonyl (C=O) groups is 2. The highest BCUT2D eigenvalue weighted by atomic mass is 35.5. The molecule has 0 saturated heterocycles. The normalized spacial score (nSPS) is 27.2. The monoisotopic (exact) mass is 415 g/mol. The molecule has 1 amide bonds. The van der Waals surface area contributed by atoms with E-state index in [1.807, 2.05) is 6.92 Å². The van der Waals surface area contributed by atoms with Crippen LogP contribution in [-0.2, 0) is 14.3 Å². The Bertz CT molecular complexity index is 759. The van der Waals surface area contributed by atoms with E-state index in [1.54, 1.807) is 19.2 Å². The molecule has 1 aliphatic carbocycles. The fourth-order valence-electron chi connectivity index (χ4n) is 3.71. The molecule has 1 spiro atoms. The molecule has 0 radical (unpaired) electrons. The minimum absolute atomic E-state index is 0.0815. The van der Waals surface area contributed by atoms with Crippen LogP contribution in [0.15, 0.2) is 17.9 Å². The largest absolute Gasteiger partial charge is 0.509 e. The zero-order valence-corrected chi connectivity index (χ0v) is 16.9. The number of aliphatic hydroxyl groups excluding tert-OH is 1. The molecule has 3 N–H and O–H groups in total. The van der Waals surface area contributed by atoms with E-state index in [4.69, 9.17) is 37.8 Å². The molecule has 2 aliphatic rings. The number of hydrogen-bond donors (Lipinski definition) is 3. The van der Waals surface area contributed by atoms with Gasteiger partial charge in [0, 0.05) is 17.7 Å². The zero-order chi connectivity index (χ0) is 20.4. The van der Waals surface area contributed by atoms with Crippen molar-refractivity contribution in [1.29, 1.82) is 0 Å². The van der Waals surface area contributed by atoms with Crippen LogP contribution in [0.4, 0.5) is 0 Å². The summed E-state index contributed by atoms with van der Waals surface area (Å²) in [5, 5.41) is 21.7. The molecule has 1 aromatic carbocycles. The maximum Gasteiger partial charge on any atom is 0.290 e. The van der Waals surface area contributed by atoms with E-state index in [-0.39, 0.29) is 29.3 Å². The summed E-state index contributed by atoms with van der Waals surface area (Å²) in [6.45, 7) is 3.63. The highest BCUT2D eigenvalue weighted by Crippen LogP contribution is 2.46. The number of halogens is 2. The van der Waals surface area contributed by atoms with E-state index < -0.39 is 5.54 Å². The Balaban J connectivity index is 0.000000817. The van der Waals surface area contributed by atoms with Crippen LogP contribution in [0.25, 0.3) is 5.57 Å². The number of rotatable bonds is 2. The number of aliphatic hydroxyl groups is 1. The first-order valence-electron chi connectivity index (χ1n) is 8.48. The summed E-state index contributed by atoms with van der Waals surface area (Å²) in [5.41, 5.74) is 0.633. The molecule has 148 valence electrons. The number of hydrogen-bond acceptors (Lipinski definition) is 4. The van der Waals surface area contributed by atoms with Gasteiger partial charge in [0.15, 0.2) is 0 Å². The smallest absolute Gasteiger partial charge is 0.290 e. The molecular formula is C19H23Cl2NO5. The molecule has 1 fully saturated rings. The number of methoxy groups -OCH3 is 1. The lowest BCUT2D eigenvalue weighted by molar-refractivity contribution is -0.123. The minimum atomic E-state index is -0.722. The van der Waals surface area contributed by atoms with Gasteiger partial charge in [-0.1, -0.05) is 23.2 Å². The van der Waals surface area contributed by atoms with Crippen LogP contribution in [0.3, 0.4) is 0 Å². The molecule has 8 heteroatoms. The molecule has 0 aromatic heterocycles. The highest BCUT2D eigenvalue weighted by molar-refractivity contribution is 6.38. The molecule has 1 aromatic rings. The van der Waals surface area contributed by atoms with Crippen molar-refractivity contribution in [2.45, 2.75) is 50.7 Å². The lowest BCUT2D eigenvalue weighted by atomic mass is 9.74. The molecule has 1 heterocycles. The topological polar surface area (TPSA) is 95.9 Å². The lowest BCUT2D eigenvalue weighted by Gasteiger charge is -2.42. The van der Waals surface area contributed by atoms with Gasteiger partial charge in [-0.15, -0.1) is 0 Å². The van der Waals surface area contributed by atoms with Crippen LogP contribution in [0.1, 0.15) is 43.7 Å². The van der Waals surface area contributed by atoms with Gasteiger partial charge in [-0.05, 0) is 57.2 Å². The molecule has 0 bridgehead atoms. The second-order valence-corrected chi connectivity index (χ2v) is 7.94. The average molecular weight is 416 g/mol. The molecular weight excluding hydrogens is 393 g/mol. The van der Waals surface area contributed by atoms with Gasteiger partial charge in [0.2, 0.25) is 0 Å². The molecule has 6 nitrogen and oxygen atoms in total. The van der Waals surface area contributed by atoms with Gasteiger partial charge in [-0.25, -0.2) is 0 Å². The van der Waals surface area contributed by atoms with Gasteiger partial charge < -0.3 is 20.3 Å². The Labute approximate surface area is 168 Å². The van der Waals surface area contributed by atoms with Crippen LogP contribution in [0.2, 0.25) is 10.0 Å². The molecule has 0 unspecified atom stereocenters. The molecule has 3 rings (SSSR count). The van der Waals surface area contributed by atoms with Gasteiger partial charge in [0.25, 0.3) is 12.4 Å². The highest BCUT2D eigenvalue weighted by Gasteiger charge is 2.50. The van der Waals surface area contributed by atoms with Gasteiger partial charge in [0.1, 0.15) is 5.76 Å². The van der Waals surface area contributed by atoms with Gasteiger partial charge in [-0.2, -0.15) is 0 Å². The van der Waals surface area contributed by atoms with E-state index >= 15 is 0 Å². The predicted octanol–water partition coefficient (Wildman–Crippen LogP) is 4.12. The fraction of sp³-hybridized carbons (Fsp3) is 0.474. The van der Waals surface area contributed by atoms with Crippen molar-refractivity contribution < 1.29 is 24.5 Å². The van der Waals surface area contributed by atoms with E-state index in [9.17, 15) is 9.90 Å². The number of benzene rings is 1. The summed E-state index contributed by atoms with van der Waals surface area (Å²) >= 11 is 12.3. The van der Waals surface area contributed by atoms with E-state index in [0.717, 1.165) is 18.4 Å². The van der Waals surface area contributed by atoms with Crippen LogP contribution in [0, 0.1) is 6.92 Å².